The minimum absolute atomic E-state index is 0.0247. The molecular formula is C20H26FN3O3. The maximum absolute atomic E-state index is 13.8. The summed E-state index contributed by atoms with van der Waals surface area (Å²) in [6.07, 6.45) is 2.20. The summed E-state index contributed by atoms with van der Waals surface area (Å²) in [5.41, 5.74) is -0.0626. The third-order valence-electron chi connectivity index (χ3n) is 4.47. The molecule has 6 nitrogen and oxygen atoms in total. The number of benzene rings is 1. The van der Waals surface area contributed by atoms with E-state index < -0.39 is 17.1 Å². The number of hydrogen-bond donors (Lipinski definition) is 2. The predicted octanol–water partition coefficient (Wildman–Crippen LogP) is 3.17. The number of halogens is 1. The number of anilines is 2. The quantitative estimate of drug-likeness (QED) is 0.794. The Morgan fingerprint density at radius 2 is 1.81 bits per heavy atom. The normalized spacial score (nSPS) is 15.2. The summed E-state index contributed by atoms with van der Waals surface area (Å²) in [4.78, 5) is 38.0. The number of carbonyl (C=O) groups excluding carboxylic acids is 3. The van der Waals surface area contributed by atoms with Crippen molar-refractivity contribution in [3.05, 3.63) is 36.7 Å². The minimum Gasteiger partial charge on any atom is -0.342 e. The lowest BCUT2D eigenvalue weighted by Gasteiger charge is -2.35. The number of likely N-dealkylation sites (tertiary alicyclic amines) is 1. The smallest absolute Gasteiger partial charge is 0.247 e. The Kier molecular flexibility index (Phi) is 6.36. The summed E-state index contributed by atoms with van der Waals surface area (Å²) in [7, 11) is 0. The number of nitrogens with one attached hydrogen (secondary N) is 2. The average molecular weight is 375 g/mol. The van der Waals surface area contributed by atoms with Gasteiger partial charge >= 0.3 is 0 Å². The second-order valence-electron chi connectivity index (χ2n) is 7.69. The molecule has 1 heterocycles. The molecule has 3 amide bonds. The summed E-state index contributed by atoms with van der Waals surface area (Å²) < 4.78 is 13.8. The molecule has 1 aromatic rings. The molecule has 7 heteroatoms. The Morgan fingerprint density at radius 1 is 1.19 bits per heavy atom. The van der Waals surface area contributed by atoms with Crippen LogP contribution in [0.15, 0.2) is 30.9 Å². The first-order valence-electron chi connectivity index (χ1n) is 8.95. The van der Waals surface area contributed by atoms with Gasteiger partial charge in [0.25, 0.3) is 0 Å². The second-order valence-corrected chi connectivity index (χ2v) is 7.69. The van der Waals surface area contributed by atoms with Crippen molar-refractivity contribution < 1.29 is 18.8 Å². The topological polar surface area (TPSA) is 78.5 Å². The molecule has 0 spiro atoms. The van der Waals surface area contributed by atoms with E-state index in [1.807, 2.05) is 20.8 Å². The van der Waals surface area contributed by atoms with Crippen molar-refractivity contribution in [3.63, 3.8) is 0 Å². The summed E-state index contributed by atoms with van der Waals surface area (Å²) >= 11 is 0. The molecule has 2 N–H and O–H groups in total. The highest BCUT2D eigenvalue weighted by molar-refractivity contribution is 6.00. The Bertz CT molecular complexity index is 747. The van der Waals surface area contributed by atoms with Gasteiger partial charge in [-0.2, -0.15) is 0 Å². The molecule has 0 aliphatic carbocycles. The Morgan fingerprint density at radius 3 is 2.37 bits per heavy atom. The van der Waals surface area contributed by atoms with Gasteiger partial charge in [-0.05, 0) is 37.1 Å². The van der Waals surface area contributed by atoms with Crippen LogP contribution >= 0.6 is 0 Å². The highest BCUT2D eigenvalue weighted by atomic mass is 19.1. The lowest BCUT2D eigenvalue weighted by Crippen LogP contribution is -2.45. The van der Waals surface area contributed by atoms with Crippen LogP contribution in [0.25, 0.3) is 0 Å². The van der Waals surface area contributed by atoms with E-state index in [2.05, 4.69) is 17.2 Å². The van der Waals surface area contributed by atoms with E-state index in [4.69, 9.17) is 0 Å². The van der Waals surface area contributed by atoms with E-state index in [1.165, 1.54) is 18.2 Å². The van der Waals surface area contributed by atoms with Crippen molar-refractivity contribution in [3.8, 4) is 0 Å². The van der Waals surface area contributed by atoms with Gasteiger partial charge in [0.2, 0.25) is 17.7 Å². The van der Waals surface area contributed by atoms with E-state index in [0.29, 0.717) is 31.6 Å². The summed E-state index contributed by atoms with van der Waals surface area (Å²) in [6, 6.07) is 3.99. The Hall–Kier alpha value is -2.70. The fraction of sp³-hybridized carbons (Fsp3) is 0.450. The molecule has 0 atom stereocenters. The van der Waals surface area contributed by atoms with Crippen molar-refractivity contribution in [2.45, 2.75) is 33.6 Å². The van der Waals surface area contributed by atoms with Gasteiger partial charge in [0, 0.05) is 30.1 Å². The van der Waals surface area contributed by atoms with Gasteiger partial charge in [-0.1, -0.05) is 27.4 Å². The number of carbonyl (C=O) groups is 3. The zero-order valence-electron chi connectivity index (χ0n) is 16.0. The number of hydrogen-bond acceptors (Lipinski definition) is 3. The number of amides is 3. The van der Waals surface area contributed by atoms with Crippen molar-refractivity contribution >= 4 is 29.1 Å². The molecule has 1 aliphatic heterocycles. The van der Waals surface area contributed by atoms with E-state index >= 15 is 0 Å². The van der Waals surface area contributed by atoms with Crippen molar-refractivity contribution in [1.29, 1.82) is 0 Å². The summed E-state index contributed by atoms with van der Waals surface area (Å²) in [6.45, 7) is 10.0. The first-order valence-corrected chi connectivity index (χ1v) is 8.95. The molecule has 0 unspecified atom stereocenters. The number of piperidine rings is 1. The van der Waals surface area contributed by atoms with Crippen LogP contribution < -0.4 is 10.6 Å². The standard InChI is InChI=1S/C20H26FN3O3/c1-5-17(25)23-16-12-14(6-7-15(16)21)22-18(26)13-8-10-24(11-9-13)19(27)20(2,3)4/h5-7,12-13H,1,8-11H2,2-4H3,(H,22,26)(H,23,25). The maximum Gasteiger partial charge on any atom is 0.247 e. The zero-order valence-corrected chi connectivity index (χ0v) is 16.0. The lowest BCUT2D eigenvalue weighted by atomic mass is 9.90. The largest absolute Gasteiger partial charge is 0.342 e. The summed E-state index contributed by atoms with van der Waals surface area (Å²) in [5.74, 6) is -1.44. The second kappa shape index (κ2) is 8.33. The SMILES string of the molecule is C=CC(=O)Nc1cc(NC(=O)C2CCN(C(=O)C(C)(C)C)CC2)ccc1F. The molecule has 0 saturated carbocycles. The van der Waals surface area contributed by atoms with Gasteiger partial charge in [-0.15, -0.1) is 0 Å². The Labute approximate surface area is 158 Å². The van der Waals surface area contributed by atoms with E-state index in [-0.39, 0.29) is 23.4 Å². The van der Waals surface area contributed by atoms with Gasteiger partial charge in [0.15, 0.2) is 0 Å². The van der Waals surface area contributed by atoms with Crippen molar-refractivity contribution in [1.82, 2.24) is 4.90 Å². The zero-order chi connectivity index (χ0) is 20.2. The molecular weight excluding hydrogens is 349 g/mol. The van der Waals surface area contributed by atoms with E-state index in [1.54, 1.807) is 4.90 Å². The average Bonchev–Trinajstić information content (AvgIpc) is 2.63. The van der Waals surface area contributed by atoms with Crippen LogP contribution in [0.5, 0.6) is 0 Å². The van der Waals surface area contributed by atoms with E-state index in [0.717, 1.165) is 6.08 Å². The first kappa shape index (κ1) is 20.6. The molecule has 27 heavy (non-hydrogen) atoms. The van der Waals surface area contributed by atoms with Gasteiger partial charge < -0.3 is 15.5 Å². The first-order chi connectivity index (χ1) is 12.6. The maximum atomic E-state index is 13.8. The van der Waals surface area contributed by atoms with Crippen LogP contribution in [0.2, 0.25) is 0 Å². The molecule has 0 bridgehead atoms. The molecule has 1 aliphatic rings. The highest BCUT2D eigenvalue weighted by Gasteiger charge is 2.32. The van der Waals surface area contributed by atoms with E-state index in [9.17, 15) is 18.8 Å². The molecule has 1 fully saturated rings. The number of nitrogens with zero attached hydrogens (tertiary/aromatic N) is 1. The monoisotopic (exact) mass is 375 g/mol. The van der Waals surface area contributed by atoms with Crippen LogP contribution in [0.4, 0.5) is 15.8 Å². The van der Waals surface area contributed by atoms with Crippen LogP contribution in [-0.4, -0.2) is 35.7 Å². The fourth-order valence-electron chi connectivity index (χ4n) is 2.95. The molecule has 0 radical (unpaired) electrons. The Balaban J connectivity index is 1.96. The van der Waals surface area contributed by atoms with Crippen LogP contribution in [0, 0.1) is 17.2 Å². The molecule has 1 saturated heterocycles. The fourth-order valence-corrected chi connectivity index (χ4v) is 2.95. The minimum atomic E-state index is -0.600. The van der Waals surface area contributed by atoms with Gasteiger partial charge in [-0.25, -0.2) is 4.39 Å². The van der Waals surface area contributed by atoms with Gasteiger partial charge in [-0.3, -0.25) is 14.4 Å². The van der Waals surface area contributed by atoms with Gasteiger partial charge in [0.1, 0.15) is 5.82 Å². The molecule has 2 rings (SSSR count). The lowest BCUT2D eigenvalue weighted by molar-refractivity contribution is -0.142. The molecule has 0 aromatic heterocycles. The predicted molar refractivity (Wildman–Crippen MR) is 103 cm³/mol. The summed E-state index contributed by atoms with van der Waals surface area (Å²) in [5, 5.41) is 5.12. The van der Waals surface area contributed by atoms with Crippen molar-refractivity contribution in [2.75, 3.05) is 23.7 Å². The van der Waals surface area contributed by atoms with Crippen LogP contribution in [-0.2, 0) is 14.4 Å². The van der Waals surface area contributed by atoms with Crippen molar-refractivity contribution in [2.24, 2.45) is 11.3 Å². The highest BCUT2D eigenvalue weighted by Crippen LogP contribution is 2.25. The third-order valence-corrected chi connectivity index (χ3v) is 4.47. The number of rotatable bonds is 4. The van der Waals surface area contributed by atoms with Crippen LogP contribution in [0.3, 0.4) is 0 Å². The van der Waals surface area contributed by atoms with Gasteiger partial charge in [0.05, 0.1) is 5.69 Å². The molecule has 146 valence electrons. The third kappa shape index (κ3) is 5.39. The van der Waals surface area contributed by atoms with Crippen LogP contribution in [0.1, 0.15) is 33.6 Å². The molecule has 1 aromatic carbocycles.